The largest absolute Gasteiger partial charge is 0.481 e. The van der Waals surface area contributed by atoms with Gasteiger partial charge in [0, 0.05) is 19.2 Å². The number of amides is 1. The molecule has 0 heterocycles. The number of anilines is 1. The van der Waals surface area contributed by atoms with Crippen LogP contribution in [0.25, 0.3) is 0 Å². The van der Waals surface area contributed by atoms with Gasteiger partial charge in [-0.1, -0.05) is 30.3 Å². The lowest BCUT2D eigenvalue weighted by atomic mass is 10.1. The number of nitrogens with one attached hydrogen (secondary N) is 2. The molecule has 3 aromatic rings. The fourth-order valence-electron chi connectivity index (χ4n) is 2.99. The highest BCUT2D eigenvalue weighted by atomic mass is 32.2. The molecule has 0 atom stereocenters. The Kier molecular flexibility index (Phi) is 8.23. The fourth-order valence-corrected chi connectivity index (χ4v) is 4.07. The lowest BCUT2D eigenvalue weighted by molar-refractivity contribution is -0.136. The summed E-state index contributed by atoms with van der Waals surface area (Å²) in [7, 11) is -2.44. The number of hydrogen-bond acceptors (Lipinski definition) is 6. The molecule has 0 radical (unpaired) electrons. The van der Waals surface area contributed by atoms with Crippen LogP contribution in [-0.4, -0.2) is 45.7 Å². The van der Waals surface area contributed by atoms with Gasteiger partial charge in [0.15, 0.2) is 5.75 Å². The van der Waals surface area contributed by atoms with E-state index in [1.54, 1.807) is 42.5 Å². The lowest BCUT2D eigenvalue weighted by Gasteiger charge is -2.15. The minimum atomic E-state index is -3.96. The number of carboxylic acids is 1. The topological polar surface area (TPSA) is 131 Å². The number of aliphatic carboxylic acids is 1. The molecule has 0 bridgehead atoms. The number of carbonyl (C=O) groups excluding carboxylic acids is 1. The first-order valence-electron chi connectivity index (χ1n) is 10.3. The van der Waals surface area contributed by atoms with Crippen molar-refractivity contribution in [3.63, 3.8) is 0 Å². The number of benzene rings is 3. The van der Waals surface area contributed by atoms with Gasteiger partial charge in [0.25, 0.3) is 15.9 Å². The summed E-state index contributed by atoms with van der Waals surface area (Å²) in [6, 6.07) is 18.6. The Balaban J connectivity index is 1.91. The van der Waals surface area contributed by atoms with Crippen LogP contribution in [0.3, 0.4) is 0 Å². The second-order valence-electron chi connectivity index (χ2n) is 7.19. The number of hydrogen-bond donors (Lipinski definition) is 3. The van der Waals surface area contributed by atoms with E-state index in [1.165, 1.54) is 37.4 Å². The molecule has 178 valence electrons. The summed E-state index contributed by atoms with van der Waals surface area (Å²) in [6.45, 7) is 0.625. The zero-order valence-electron chi connectivity index (χ0n) is 18.4. The molecule has 0 fully saturated rings. The third-order valence-electron chi connectivity index (χ3n) is 4.64. The molecular weight excluding hydrogens is 460 g/mol. The van der Waals surface area contributed by atoms with Gasteiger partial charge in [-0.15, -0.1) is 0 Å². The van der Waals surface area contributed by atoms with E-state index in [4.69, 9.17) is 14.6 Å². The molecule has 0 aromatic heterocycles. The average Bonchev–Trinajstić information content (AvgIpc) is 2.81. The summed E-state index contributed by atoms with van der Waals surface area (Å²) in [6.07, 6.45) is -0.130. The smallest absolute Gasteiger partial charge is 0.307 e. The van der Waals surface area contributed by atoms with Gasteiger partial charge in [0.05, 0.1) is 23.6 Å². The van der Waals surface area contributed by atoms with Crippen molar-refractivity contribution in [2.24, 2.45) is 0 Å². The third-order valence-corrected chi connectivity index (χ3v) is 6.02. The summed E-state index contributed by atoms with van der Waals surface area (Å²) in [5.74, 6) is -0.821. The number of sulfonamides is 1. The minimum absolute atomic E-state index is 0.0499. The van der Waals surface area contributed by atoms with Crippen molar-refractivity contribution in [1.82, 2.24) is 5.32 Å². The van der Waals surface area contributed by atoms with E-state index in [9.17, 15) is 18.0 Å². The molecule has 3 rings (SSSR count). The van der Waals surface area contributed by atoms with Crippen molar-refractivity contribution >= 4 is 27.6 Å². The van der Waals surface area contributed by atoms with E-state index >= 15 is 0 Å². The lowest BCUT2D eigenvalue weighted by Crippen LogP contribution is -2.27. The van der Waals surface area contributed by atoms with Crippen molar-refractivity contribution in [1.29, 1.82) is 0 Å². The Morgan fingerprint density at radius 2 is 1.68 bits per heavy atom. The first kappa shape index (κ1) is 24.7. The standard InChI is InChI=1S/C24H24N2O7S/c1-32-14-13-25-24(29)18-9-12-22(33-19-10-7-17(8-11-19)15-23(27)28)21(16-18)26-34(30,31)20-5-3-2-4-6-20/h2-12,16,26H,13-15H2,1H3,(H,25,29)(H,27,28). The monoisotopic (exact) mass is 484 g/mol. The molecule has 9 nitrogen and oxygen atoms in total. The predicted octanol–water partition coefficient (Wildman–Crippen LogP) is 3.28. The molecule has 0 saturated carbocycles. The van der Waals surface area contributed by atoms with E-state index in [2.05, 4.69) is 10.0 Å². The van der Waals surface area contributed by atoms with Crippen LogP contribution in [0.2, 0.25) is 0 Å². The van der Waals surface area contributed by atoms with E-state index in [0.29, 0.717) is 24.5 Å². The molecule has 3 N–H and O–H groups in total. The van der Waals surface area contributed by atoms with Crippen LogP contribution in [0.5, 0.6) is 11.5 Å². The molecule has 0 spiro atoms. The zero-order valence-corrected chi connectivity index (χ0v) is 19.2. The van der Waals surface area contributed by atoms with E-state index in [1.807, 2.05) is 0 Å². The molecule has 0 aliphatic rings. The minimum Gasteiger partial charge on any atom is -0.481 e. The van der Waals surface area contributed by atoms with Gasteiger partial charge in [-0.2, -0.15) is 0 Å². The van der Waals surface area contributed by atoms with Gasteiger partial charge in [-0.25, -0.2) is 8.42 Å². The Morgan fingerprint density at radius 3 is 2.32 bits per heavy atom. The third kappa shape index (κ3) is 6.80. The van der Waals surface area contributed by atoms with Gasteiger partial charge in [-0.3, -0.25) is 14.3 Å². The Hall–Kier alpha value is -3.89. The Bertz CT molecular complexity index is 1240. The second-order valence-corrected chi connectivity index (χ2v) is 8.88. The maximum absolute atomic E-state index is 12.9. The molecule has 0 aliphatic carbocycles. The van der Waals surface area contributed by atoms with Crippen molar-refractivity contribution in [3.8, 4) is 11.5 Å². The van der Waals surface area contributed by atoms with E-state index < -0.39 is 21.9 Å². The van der Waals surface area contributed by atoms with Crippen LogP contribution >= 0.6 is 0 Å². The van der Waals surface area contributed by atoms with Gasteiger partial charge in [-0.05, 0) is 48.0 Å². The summed E-state index contributed by atoms with van der Waals surface area (Å²) in [5.41, 5.74) is 0.886. The Labute approximate surface area is 197 Å². The maximum Gasteiger partial charge on any atom is 0.307 e. The predicted molar refractivity (Wildman–Crippen MR) is 126 cm³/mol. The Morgan fingerprint density at radius 1 is 0.971 bits per heavy atom. The highest BCUT2D eigenvalue weighted by Crippen LogP contribution is 2.32. The highest BCUT2D eigenvalue weighted by Gasteiger charge is 2.19. The normalized spacial score (nSPS) is 11.0. The van der Waals surface area contributed by atoms with Crippen LogP contribution < -0.4 is 14.8 Å². The molecule has 34 heavy (non-hydrogen) atoms. The number of carboxylic acid groups (broad SMARTS) is 1. The number of carbonyl (C=O) groups is 2. The van der Waals surface area contributed by atoms with Crippen LogP contribution in [0.15, 0.2) is 77.7 Å². The van der Waals surface area contributed by atoms with Gasteiger partial charge in [0.1, 0.15) is 5.75 Å². The fraction of sp³-hybridized carbons (Fsp3) is 0.167. The second kappa shape index (κ2) is 11.3. The molecule has 0 saturated heterocycles. The first-order chi connectivity index (χ1) is 16.3. The SMILES string of the molecule is COCCNC(=O)c1ccc(Oc2ccc(CC(=O)O)cc2)c(NS(=O)(=O)c2ccccc2)c1. The van der Waals surface area contributed by atoms with Crippen molar-refractivity contribution in [2.45, 2.75) is 11.3 Å². The van der Waals surface area contributed by atoms with E-state index in [0.717, 1.165) is 0 Å². The van der Waals surface area contributed by atoms with Crippen molar-refractivity contribution in [3.05, 3.63) is 83.9 Å². The average molecular weight is 485 g/mol. The molecule has 0 aliphatic heterocycles. The summed E-state index contributed by atoms with van der Waals surface area (Å²) >= 11 is 0. The summed E-state index contributed by atoms with van der Waals surface area (Å²) in [5, 5.41) is 11.6. The van der Waals surface area contributed by atoms with Crippen LogP contribution in [0, 0.1) is 0 Å². The van der Waals surface area contributed by atoms with Crippen LogP contribution in [-0.2, 0) is 26.0 Å². The molecule has 0 unspecified atom stereocenters. The van der Waals surface area contributed by atoms with Gasteiger partial charge < -0.3 is 19.9 Å². The molecule has 10 heteroatoms. The zero-order chi connectivity index (χ0) is 24.6. The van der Waals surface area contributed by atoms with Crippen molar-refractivity contribution in [2.75, 3.05) is 25.0 Å². The highest BCUT2D eigenvalue weighted by molar-refractivity contribution is 7.92. The first-order valence-corrected chi connectivity index (χ1v) is 11.7. The number of ether oxygens (including phenoxy) is 2. The number of methoxy groups -OCH3 is 1. The molecule has 1 amide bonds. The van der Waals surface area contributed by atoms with Gasteiger partial charge >= 0.3 is 5.97 Å². The van der Waals surface area contributed by atoms with E-state index in [-0.39, 0.29) is 28.3 Å². The number of rotatable bonds is 11. The van der Waals surface area contributed by atoms with Crippen molar-refractivity contribution < 1.29 is 32.6 Å². The van der Waals surface area contributed by atoms with Gasteiger partial charge in [0.2, 0.25) is 0 Å². The maximum atomic E-state index is 12.9. The molecular formula is C24H24N2O7S. The summed E-state index contributed by atoms with van der Waals surface area (Å²) < 4.78 is 39.1. The van der Waals surface area contributed by atoms with Crippen LogP contribution in [0.1, 0.15) is 15.9 Å². The van der Waals surface area contributed by atoms with Crippen LogP contribution in [0.4, 0.5) is 5.69 Å². The molecule has 3 aromatic carbocycles. The summed E-state index contributed by atoms with van der Waals surface area (Å²) in [4.78, 5) is 23.4. The quantitative estimate of drug-likeness (QED) is 0.356.